The number of para-hydroxylation sites is 1. The summed E-state index contributed by atoms with van der Waals surface area (Å²) < 4.78 is 0. The van der Waals surface area contributed by atoms with Crippen LogP contribution in [0, 0.1) is 5.92 Å². The smallest absolute Gasteiger partial charge is 0.277 e. The van der Waals surface area contributed by atoms with Gasteiger partial charge < -0.3 is 20.9 Å². The zero-order valence-corrected chi connectivity index (χ0v) is 15.6. The molecule has 7 nitrogen and oxygen atoms in total. The summed E-state index contributed by atoms with van der Waals surface area (Å²) in [6.45, 7) is 3.74. The number of hydrogen-bond donors (Lipinski definition) is 3. The summed E-state index contributed by atoms with van der Waals surface area (Å²) in [7, 11) is 1.63. The molecule has 1 aliphatic heterocycles. The lowest BCUT2D eigenvalue weighted by Crippen LogP contribution is -3.14. The molecular formula is C19H29N4O3+. The molecule has 1 heterocycles. The number of likely N-dealkylation sites (tertiary alicyclic amines) is 1. The number of nitrogens with one attached hydrogen (secondary N) is 2. The number of aryl methyl sites for hydroxylation is 1. The first-order valence-corrected chi connectivity index (χ1v) is 9.15. The molecule has 0 radical (unpaired) electrons. The second kappa shape index (κ2) is 9.33. The first-order valence-electron chi connectivity index (χ1n) is 9.15. The van der Waals surface area contributed by atoms with Crippen LogP contribution in [0.4, 0.5) is 5.69 Å². The van der Waals surface area contributed by atoms with Crippen molar-refractivity contribution in [2.45, 2.75) is 26.2 Å². The zero-order chi connectivity index (χ0) is 19.1. The summed E-state index contributed by atoms with van der Waals surface area (Å²) in [5.41, 5.74) is 7.23. The number of piperidine rings is 1. The van der Waals surface area contributed by atoms with E-state index in [-0.39, 0.29) is 36.7 Å². The minimum absolute atomic E-state index is 0.00338. The molecule has 1 aliphatic rings. The predicted molar refractivity (Wildman–Crippen MR) is 99.6 cm³/mol. The van der Waals surface area contributed by atoms with Gasteiger partial charge in [0.05, 0.1) is 25.6 Å². The largest absolute Gasteiger partial charge is 0.369 e. The van der Waals surface area contributed by atoms with E-state index in [0.717, 1.165) is 42.0 Å². The molecule has 26 heavy (non-hydrogen) atoms. The van der Waals surface area contributed by atoms with Crippen LogP contribution in [-0.4, -0.2) is 55.8 Å². The molecule has 1 aromatic rings. The fourth-order valence-corrected chi connectivity index (χ4v) is 3.35. The van der Waals surface area contributed by atoms with Gasteiger partial charge in [-0.1, -0.05) is 25.1 Å². The van der Waals surface area contributed by atoms with E-state index in [0.29, 0.717) is 6.54 Å². The van der Waals surface area contributed by atoms with Gasteiger partial charge in [-0.25, -0.2) is 0 Å². The Morgan fingerprint density at radius 3 is 2.73 bits per heavy atom. The summed E-state index contributed by atoms with van der Waals surface area (Å²) in [4.78, 5) is 38.5. The van der Waals surface area contributed by atoms with E-state index in [1.807, 2.05) is 31.2 Å². The van der Waals surface area contributed by atoms with E-state index in [9.17, 15) is 14.4 Å². The predicted octanol–water partition coefficient (Wildman–Crippen LogP) is -0.574. The van der Waals surface area contributed by atoms with Gasteiger partial charge >= 0.3 is 0 Å². The van der Waals surface area contributed by atoms with Crippen molar-refractivity contribution in [1.29, 1.82) is 0 Å². The lowest BCUT2D eigenvalue weighted by molar-refractivity contribution is -0.899. The average Bonchev–Trinajstić information content (AvgIpc) is 2.62. The molecule has 0 spiro atoms. The Morgan fingerprint density at radius 2 is 2.04 bits per heavy atom. The van der Waals surface area contributed by atoms with E-state index >= 15 is 0 Å². The van der Waals surface area contributed by atoms with E-state index in [4.69, 9.17) is 5.73 Å². The van der Waals surface area contributed by atoms with Crippen LogP contribution in [0.15, 0.2) is 24.3 Å². The van der Waals surface area contributed by atoms with Gasteiger partial charge in [0, 0.05) is 12.7 Å². The second-order valence-corrected chi connectivity index (χ2v) is 6.93. The molecule has 7 heteroatoms. The van der Waals surface area contributed by atoms with Crippen LogP contribution >= 0.6 is 0 Å². The summed E-state index contributed by atoms with van der Waals surface area (Å²) in [5.74, 6) is -0.780. The quantitative estimate of drug-likeness (QED) is 0.606. The summed E-state index contributed by atoms with van der Waals surface area (Å²) in [6.07, 6.45) is 2.50. The SMILES string of the molecule is CCc1ccccc1NC(=O)CN(C)C(=O)C[NH+]1CCC[C@H](C(N)=O)C1. The molecule has 0 bridgehead atoms. The maximum Gasteiger partial charge on any atom is 0.277 e. The van der Waals surface area contributed by atoms with E-state index in [1.165, 1.54) is 4.90 Å². The van der Waals surface area contributed by atoms with Crippen LogP contribution < -0.4 is 16.0 Å². The molecule has 0 aromatic heterocycles. The maximum absolute atomic E-state index is 12.4. The molecule has 0 aliphatic carbocycles. The highest BCUT2D eigenvalue weighted by atomic mass is 16.2. The lowest BCUT2D eigenvalue weighted by Gasteiger charge is -2.29. The highest BCUT2D eigenvalue weighted by Crippen LogP contribution is 2.15. The Balaban J connectivity index is 1.84. The summed E-state index contributed by atoms with van der Waals surface area (Å²) in [6, 6.07) is 7.64. The van der Waals surface area contributed by atoms with Crippen LogP contribution in [-0.2, 0) is 20.8 Å². The van der Waals surface area contributed by atoms with Crippen molar-refractivity contribution in [3.05, 3.63) is 29.8 Å². The fraction of sp³-hybridized carbons (Fsp3) is 0.526. The minimum atomic E-state index is -0.294. The van der Waals surface area contributed by atoms with Gasteiger partial charge in [0.15, 0.2) is 6.54 Å². The first-order chi connectivity index (χ1) is 12.4. The molecule has 2 rings (SSSR count). The molecule has 2 atom stereocenters. The van der Waals surface area contributed by atoms with Crippen LogP contribution in [0.5, 0.6) is 0 Å². The van der Waals surface area contributed by atoms with Crippen LogP contribution in [0.1, 0.15) is 25.3 Å². The first kappa shape index (κ1) is 19.9. The Labute approximate surface area is 154 Å². The van der Waals surface area contributed by atoms with Gasteiger partial charge in [0.1, 0.15) is 0 Å². The fourth-order valence-electron chi connectivity index (χ4n) is 3.35. The van der Waals surface area contributed by atoms with Crippen molar-refractivity contribution in [1.82, 2.24) is 4.90 Å². The monoisotopic (exact) mass is 361 g/mol. The molecular weight excluding hydrogens is 332 g/mol. The number of amides is 3. The van der Waals surface area contributed by atoms with Crippen LogP contribution in [0.2, 0.25) is 0 Å². The lowest BCUT2D eigenvalue weighted by atomic mass is 9.97. The molecule has 1 unspecified atom stereocenters. The maximum atomic E-state index is 12.4. The molecule has 142 valence electrons. The average molecular weight is 361 g/mol. The van der Waals surface area contributed by atoms with Crippen LogP contribution in [0.25, 0.3) is 0 Å². The van der Waals surface area contributed by atoms with Crippen molar-refractivity contribution in [3.63, 3.8) is 0 Å². The third kappa shape index (κ3) is 5.56. The van der Waals surface area contributed by atoms with Crippen molar-refractivity contribution >= 4 is 23.4 Å². The number of hydrogen-bond acceptors (Lipinski definition) is 3. The number of carbonyl (C=O) groups excluding carboxylic acids is 3. The van der Waals surface area contributed by atoms with Gasteiger partial charge in [-0.15, -0.1) is 0 Å². The van der Waals surface area contributed by atoms with Gasteiger partial charge in [-0.05, 0) is 30.9 Å². The topological polar surface area (TPSA) is 96.9 Å². The molecule has 1 aromatic carbocycles. The van der Waals surface area contributed by atoms with E-state index in [2.05, 4.69) is 5.32 Å². The molecule has 3 amide bonds. The number of likely N-dealkylation sites (N-methyl/N-ethyl adjacent to an activating group) is 1. The number of quaternary nitrogens is 1. The highest BCUT2D eigenvalue weighted by Gasteiger charge is 2.29. The van der Waals surface area contributed by atoms with Gasteiger partial charge in [-0.2, -0.15) is 0 Å². The number of anilines is 1. The van der Waals surface area contributed by atoms with E-state index < -0.39 is 0 Å². The number of rotatable bonds is 7. The zero-order valence-electron chi connectivity index (χ0n) is 15.6. The Morgan fingerprint density at radius 1 is 1.31 bits per heavy atom. The van der Waals surface area contributed by atoms with Crippen LogP contribution in [0.3, 0.4) is 0 Å². The van der Waals surface area contributed by atoms with Crippen molar-refractivity contribution in [2.75, 3.05) is 38.5 Å². The third-order valence-corrected chi connectivity index (χ3v) is 4.90. The summed E-state index contributed by atoms with van der Waals surface area (Å²) >= 11 is 0. The number of primary amides is 1. The number of nitrogens with zero attached hydrogens (tertiary/aromatic N) is 1. The van der Waals surface area contributed by atoms with Crippen molar-refractivity contribution in [2.24, 2.45) is 11.7 Å². The minimum Gasteiger partial charge on any atom is -0.369 e. The highest BCUT2D eigenvalue weighted by molar-refractivity contribution is 5.95. The van der Waals surface area contributed by atoms with Gasteiger partial charge in [0.2, 0.25) is 11.8 Å². The van der Waals surface area contributed by atoms with E-state index in [1.54, 1.807) is 7.05 Å². The normalized spacial score (nSPS) is 19.6. The molecule has 4 N–H and O–H groups in total. The van der Waals surface area contributed by atoms with Crippen molar-refractivity contribution in [3.8, 4) is 0 Å². The number of benzene rings is 1. The Bertz CT molecular complexity index is 662. The molecule has 0 saturated carbocycles. The molecule has 1 saturated heterocycles. The second-order valence-electron chi connectivity index (χ2n) is 6.93. The number of carbonyl (C=O) groups is 3. The Hall–Kier alpha value is -2.41. The Kier molecular flexibility index (Phi) is 7.15. The standard InChI is InChI=1S/C19H28N4O3/c1-3-14-7-4-5-9-16(14)21-17(24)12-22(2)18(25)13-23-10-6-8-15(11-23)19(20)26/h4-5,7,9,15H,3,6,8,10-13H2,1-2H3,(H2,20,26)(H,21,24)/p+1/t15-/m0/s1. The number of nitrogens with two attached hydrogens (primary N) is 1. The third-order valence-electron chi connectivity index (χ3n) is 4.90. The van der Waals surface area contributed by atoms with Crippen molar-refractivity contribution < 1.29 is 19.3 Å². The molecule has 1 fully saturated rings. The van der Waals surface area contributed by atoms with Gasteiger partial charge in [-0.3, -0.25) is 14.4 Å². The summed E-state index contributed by atoms with van der Waals surface area (Å²) in [5, 5.41) is 2.87. The van der Waals surface area contributed by atoms with Gasteiger partial charge in [0.25, 0.3) is 5.91 Å².